The van der Waals surface area contributed by atoms with Crippen molar-refractivity contribution in [2.24, 2.45) is 0 Å². The second kappa shape index (κ2) is 6.20. The van der Waals surface area contributed by atoms with Gasteiger partial charge >= 0.3 is 0 Å². The number of hydrogen-bond acceptors (Lipinski definition) is 5. The highest BCUT2D eigenvalue weighted by atomic mass is 16.5. The standard InChI is InChI=1S/C18H15N5O2/c1-11-7-12-10-19-22-17(12)14(8-11)18-21-15(23-25-18)9-16(24)20-13-5-3-2-4-6-13/h2-8,10H,9H2,1H3,(H,19,22)(H,20,24). The molecule has 0 saturated carbocycles. The SMILES string of the molecule is Cc1cc(-c2nc(CC(=O)Nc3ccccc3)no2)c2[nH]ncc2c1. The number of rotatable bonds is 4. The first-order valence-corrected chi connectivity index (χ1v) is 7.80. The van der Waals surface area contributed by atoms with Crippen LogP contribution >= 0.6 is 0 Å². The van der Waals surface area contributed by atoms with Crippen LogP contribution in [-0.4, -0.2) is 26.2 Å². The number of amides is 1. The van der Waals surface area contributed by atoms with E-state index < -0.39 is 0 Å². The molecule has 1 amide bonds. The maximum Gasteiger partial charge on any atom is 0.260 e. The van der Waals surface area contributed by atoms with Gasteiger partial charge in [-0.15, -0.1) is 0 Å². The number of hydrogen-bond donors (Lipinski definition) is 2. The number of fused-ring (bicyclic) bond motifs is 1. The van der Waals surface area contributed by atoms with Crippen LogP contribution < -0.4 is 5.32 Å². The van der Waals surface area contributed by atoms with Gasteiger partial charge in [0, 0.05) is 11.1 Å². The summed E-state index contributed by atoms with van der Waals surface area (Å²) < 4.78 is 5.35. The molecule has 0 aliphatic heterocycles. The van der Waals surface area contributed by atoms with E-state index in [4.69, 9.17) is 4.52 Å². The van der Waals surface area contributed by atoms with E-state index in [1.165, 1.54) is 0 Å². The van der Waals surface area contributed by atoms with Crippen LogP contribution in [0.15, 0.2) is 53.2 Å². The number of aromatic nitrogens is 4. The smallest absolute Gasteiger partial charge is 0.260 e. The Kier molecular flexibility index (Phi) is 3.74. The summed E-state index contributed by atoms with van der Waals surface area (Å²) in [4.78, 5) is 16.5. The molecule has 0 radical (unpaired) electrons. The maximum atomic E-state index is 12.1. The van der Waals surface area contributed by atoms with Gasteiger partial charge in [-0.2, -0.15) is 10.1 Å². The Bertz CT molecular complexity index is 1040. The van der Waals surface area contributed by atoms with Gasteiger partial charge < -0.3 is 9.84 Å². The Hall–Kier alpha value is -3.48. The van der Waals surface area contributed by atoms with Crippen molar-refractivity contribution in [2.75, 3.05) is 5.32 Å². The maximum absolute atomic E-state index is 12.1. The van der Waals surface area contributed by atoms with Gasteiger partial charge in [0.2, 0.25) is 5.91 Å². The monoisotopic (exact) mass is 333 g/mol. The first-order valence-electron chi connectivity index (χ1n) is 7.80. The van der Waals surface area contributed by atoms with Gasteiger partial charge in [0.1, 0.15) is 0 Å². The van der Waals surface area contributed by atoms with E-state index in [2.05, 4.69) is 25.7 Å². The van der Waals surface area contributed by atoms with E-state index in [1.807, 2.05) is 49.4 Å². The summed E-state index contributed by atoms with van der Waals surface area (Å²) in [5, 5.41) is 14.7. The average Bonchev–Trinajstić information content (AvgIpc) is 3.24. The summed E-state index contributed by atoms with van der Waals surface area (Å²) >= 11 is 0. The second-order valence-electron chi connectivity index (χ2n) is 5.75. The quantitative estimate of drug-likeness (QED) is 0.598. The Morgan fingerprint density at radius 2 is 2.08 bits per heavy atom. The highest BCUT2D eigenvalue weighted by Gasteiger charge is 2.16. The lowest BCUT2D eigenvalue weighted by molar-refractivity contribution is -0.115. The van der Waals surface area contributed by atoms with Crippen molar-refractivity contribution in [3.05, 3.63) is 60.0 Å². The first kappa shape index (κ1) is 15.1. The first-order chi connectivity index (χ1) is 12.2. The van der Waals surface area contributed by atoms with Crippen molar-refractivity contribution >= 4 is 22.5 Å². The number of H-pyrrole nitrogens is 1. The molecule has 2 aromatic heterocycles. The molecule has 0 aliphatic carbocycles. The third kappa shape index (κ3) is 3.12. The molecule has 0 bridgehead atoms. The zero-order valence-corrected chi connectivity index (χ0v) is 13.5. The van der Waals surface area contributed by atoms with Crippen molar-refractivity contribution in [3.63, 3.8) is 0 Å². The summed E-state index contributed by atoms with van der Waals surface area (Å²) in [6.07, 6.45) is 1.78. The van der Waals surface area contributed by atoms with Gasteiger partial charge in [-0.3, -0.25) is 9.89 Å². The molecule has 124 valence electrons. The fourth-order valence-corrected chi connectivity index (χ4v) is 2.68. The third-order valence-electron chi connectivity index (χ3n) is 3.77. The molecule has 0 spiro atoms. The van der Waals surface area contributed by atoms with Crippen molar-refractivity contribution in [3.8, 4) is 11.5 Å². The van der Waals surface area contributed by atoms with Crippen LogP contribution in [0.3, 0.4) is 0 Å². The van der Waals surface area contributed by atoms with Crippen LogP contribution in [0.4, 0.5) is 5.69 Å². The van der Waals surface area contributed by atoms with Gasteiger partial charge in [-0.25, -0.2) is 0 Å². The Labute approximate surface area is 143 Å². The van der Waals surface area contributed by atoms with Crippen molar-refractivity contribution in [1.29, 1.82) is 0 Å². The number of nitrogens with zero attached hydrogens (tertiary/aromatic N) is 3. The zero-order chi connectivity index (χ0) is 17.2. The molecule has 2 heterocycles. The molecule has 4 aromatic rings. The largest absolute Gasteiger partial charge is 0.334 e. The number of aryl methyl sites for hydroxylation is 1. The van der Waals surface area contributed by atoms with Crippen molar-refractivity contribution in [1.82, 2.24) is 20.3 Å². The molecule has 0 fully saturated rings. The highest BCUT2D eigenvalue weighted by molar-refractivity contribution is 5.93. The lowest BCUT2D eigenvalue weighted by atomic mass is 10.1. The summed E-state index contributed by atoms with van der Waals surface area (Å²) in [5.74, 6) is 0.493. The van der Waals surface area contributed by atoms with Gasteiger partial charge in [-0.1, -0.05) is 23.4 Å². The predicted octanol–water partition coefficient (Wildman–Crippen LogP) is 3.10. The number of carbonyl (C=O) groups excluding carboxylic acids is 1. The minimum atomic E-state index is -0.200. The molecule has 0 unspecified atom stereocenters. The summed E-state index contributed by atoms with van der Waals surface area (Å²) in [5.41, 5.74) is 3.39. The van der Waals surface area contributed by atoms with E-state index in [9.17, 15) is 4.79 Å². The van der Waals surface area contributed by atoms with E-state index in [0.717, 1.165) is 27.7 Å². The molecule has 0 atom stereocenters. The fraction of sp³-hybridized carbons (Fsp3) is 0.111. The summed E-state index contributed by atoms with van der Waals surface area (Å²) in [6, 6.07) is 13.2. The van der Waals surface area contributed by atoms with Crippen LogP contribution in [0.2, 0.25) is 0 Å². The molecule has 2 aromatic carbocycles. The van der Waals surface area contributed by atoms with E-state index in [-0.39, 0.29) is 12.3 Å². The topological polar surface area (TPSA) is 96.7 Å². The number of carbonyl (C=O) groups is 1. The second-order valence-corrected chi connectivity index (χ2v) is 5.75. The van der Waals surface area contributed by atoms with E-state index in [1.54, 1.807) is 6.20 Å². The van der Waals surface area contributed by atoms with E-state index in [0.29, 0.717) is 11.7 Å². The summed E-state index contributed by atoms with van der Waals surface area (Å²) in [6.45, 7) is 1.99. The van der Waals surface area contributed by atoms with Gasteiger partial charge in [0.15, 0.2) is 5.82 Å². The van der Waals surface area contributed by atoms with Crippen LogP contribution in [0, 0.1) is 6.92 Å². The number of benzene rings is 2. The number of para-hydroxylation sites is 1. The Morgan fingerprint density at radius 3 is 2.92 bits per heavy atom. The van der Waals surface area contributed by atoms with Crippen LogP contribution in [0.5, 0.6) is 0 Å². The fourth-order valence-electron chi connectivity index (χ4n) is 2.68. The van der Waals surface area contributed by atoms with Crippen LogP contribution in [-0.2, 0) is 11.2 Å². The minimum absolute atomic E-state index is 0.0380. The molecule has 0 aliphatic rings. The molecule has 0 saturated heterocycles. The molecule has 7 nitrogen and oxygen atoms in total. The Morgan fingerprint density at radius 1 is 1.24 bits per heavy atom. The van der Waals surface area contributed by atoms with Crippen LogP contribution in [0.25, 0.3) is 22.4 Å². The van der Waals surface area contributed by atoms with Gasteiger partial charge in [-0.05, 0) is 36.8 Å². The van der Waals surface area contributed by atoms with Crippen molar-refractivity contribution < 1.29 is 9.32 Å². The lowest BCUT2D eigenvalue weighted by Gasteiger charge is -2.02. The number of nitrogens with one attached hydrogen (secondary N) is 2. The molecular weight excluding hydrogens is 318 g/mol. The Balaban J connectivity index is 1.56. The summed E-state index contributed by atoms with van der Waals surface area (Å²) in [7, 11) is 0. The molecule has 25 heavy (non-hydrogen) atoms. The molecule has 2 N–H and O–H groups in total. The lowest BCUT2D eigenvalue weighted by Crippen LogP contribution is -2.15. The number of aromatic amines is 1. The van der Waals surface area contributed by atoms with Gasteiger partial charge in [0.25, 0.3) is 5.89 Å². The molecular formula is C18H15N5O2. The minimum Gasteiger partial charge on any atom is -0.334 e. The highest BCUT2D eigenvalue weighted by Crippen LogP contribution is 2.27. The van der Waals surface area contributed by atoms with Gasteiger partial charge in [0.05, 0.1) is 23.7 Å². The predicted molar refractivity (Wildman–Crippen MR) is 92.9 cm³/mol. The van der Waals surface area contributed by atoms with Crippen LogP contribution in [0.1, 0.15) is 11.4 Å². The zero-order valence-electron chi connectivity index (χ0n) is 13.5. The average molecular weight is 333 g/mol. The van der Waals surface area contributed by atoms with Crippen molar-refractivity contribution in [2.45, 2.75) is 13.3 Å². The normalized spacial score (nSPS) is 10.9. The molecule has 7 heteroatoms. The third-order valence-corrected chi connectivity index (χ3v) is 3.77. The van der Waals surface area contributed by atoms with E-state index >= 15 is 0 Å². The number of anilines is 1. The molecule has 4 rings (SSSR count).